The van der Waals surface area contributed by atoms with Gasteiger partial charge in [0.2, 0.25) is 0 Å². The number of aliphatic hydroxyl groups is 1. The largest absolute Gasteiger partial charge is 0.488 e. The maximum atomic E-state index is 14.5. The molecule has 3 rings (SSSR count). The van der Waals surface area contributed by atoms with Gasteiger partial charge in [0.25, 0.3) is 5.91 Å². The van der Waals surface area contributed by atoms with Gasteiger partial charge in [0.1, 0.15) is 12.3 Å². The maximum Gasteiger partial charge on any atom is 0.267 e. The van der Waals surface area contributed by atoms with E-state index in [4.69, 9.17) is 15.2 Å². The quantitative estimate of drug-likeness (QED) is 0.564. The first kappa shape index (κ1) is 20.6. The molecule has 7 nitrogen and oxygen atoms in total. The van der Waals surface area contributed by atoms with Crippen molar-refractivity contribution in [2.24, 2.45) is 5.73 Å². The van der Waals surface area contributed by atoms with E-state index in [1.54, 1.807) is 38.4 Å². The van der Waals surface area contributed by atoms with Crippen LogP contribution in [0.15, 0.2) is 42.7 Å². The molecule has 0 radical (unpaired) electrons. The zero-order valence-electron chi connectivity index (χ0n) is 16.2. The van der Waals surface area contributed by atoms with Gasteiger partial charge in [0.05, 0.1) is 24.3 Å². The van der Waals surface area contributed by atoms with Crippen LogP contribution in [0.3, 0.4) is 0 Å². The maximum absolute atomic E-state index is 14.5. The number of carbonyl (C=O) groups is 1. The van der Waals surface area contributed by atoms with E-state index in [0.29, 0.717) is 22.0 Å². The summed E-state index contributed by atoms with van der Waals surface area (Å²) in [5.41, 5.74) is 6.12. The fourth-order valence-corrected chi connectivity index (χ4v) is 2.71. The Labute approximate surface area is 167 Å². The van der Waals surface area contributed by atoms with Gasteiger partial charge >= 0.3 is 0 Å². The summed E-state index contributed by atoms with van der Waals surface area (Å²) in [5.74, 6) is -1.11. The van der Waals surface area contributed by atoms with Crippen LogP contribution in [0, 0.1) is 5.82 Å². The molecule has 0 aliphatic rings. The summed E-state index contributed by atoms with van der Waals surface area (Å²) >= 11 is 0. The Balaban J connectivity index is 1.78. The minimum Gasteiger partial charge on any atom is -0.488 e. The summed E-state index contributed by atoms with van der Waals surface area (Å²) in [4.78, 5) is 19.9. The van der Waals surface area contributed by atoms with Crippen LogP contribution in [-0.4, -0.2) is 46.4 Å². The number of aromatic nitrogens is 2. The summed E-state index contributed by atoms with van der Waals surface area (Å²) in [6, 6.07) is 7.73. The molecule has 3 N–H and O–H groups in total. The molecular formula is C21H22FN3O4. The Kier molecular flexibility index (Phi) is 6.05. The molecule has 152 valence electrons. The molecule has 0 saturated carbocycles. The zero-order chi connectivity index (χ0) is 21.0. The Hall–Kier alpha value is -3.10. The van der Waals surface area contributed by atoms with Crippen LogP contribution >= 0.6 is 0 Å². The first-order valence-electron chi connectivity index (χ1n) is 9.02. The molecule has 0 saturated heterocycles. The molecule has 1 aromatic carbocycles. The predicted octanol–water partition coefficient (Wildman–Crippen LogP) is 2.70. The molecule has 0 spiro atoms. The lowest BCUT2D eigenvalue weighted by molar-refractivity contribution is -0.0272. The Bertz CT molecular complexity index is 1030. The summed E-state index contributed by atoms with van der Waals surface area (Å²) < 4.78 is 25.2. The van der Waals surface area contributed by atoms with Crippen molar-refractivity contribution in [1.82, 2.24) is 9.97 Å². The second-order valence-corrected chi connectivity index (χ2v) is 7.18. The normalized spacial score (nSPS) is 11.6. The Morgan fingerprint density at radius 2 is 2.00 bits per heavy atom. The predicted molar refractivity (Wildman–Crippen MR) is 106 cm³/mol. The van der Waals surface area contributed by atoms with Crippen molar-refractivity contribution in [2.45, 2.75) is 19.4 Å². The number of hydrogen-bond donors (Lipinski definition) is 2. The standard InChI is InChI=1S/C21H22FN3O4/c1-21(2,27)12-28-7-8-29-18-6-4-13(9-16(18)22)15-11-24-10-14-3-5-17(20(23)26)25-19(14)15/h3-6,9-11,27H,7-8,12H2,1-2H3,(H2,23,26). The van der Waals surface area contributed by atoms with Gasteiger partial charge in [-0.1, -0.05) is 6.07 Å². The number of benzene rings is 1. The van der Waals surface area contributed by atoms with Crippen molar-refractivity contribution < 1.29 is 23.8 Å². The zero-order valence-corrected chi connectivity index (χ0v) is 16.2. The van der Waals surface area contributed by atoms with Crippen LogP contribution in [0.4, 0.5) is 4.39 Å². The van der Waals surface area contributed by atoms with E-state index in [1.165, 1.54) is 18.2 Å². The van der Waals surface area contributed by atoms with Crippen LogP contribution in [0.5, 0.6) is 5.75 Å². The number of ether oxygens (including phenoxy) is 2. The molecule has 0 unspecified atom stereocenters. The van der Waals surface area contributed by atoms with Gasteiger partial charge < -0.3 is 20.3 Å². The fourth-order valence-electron chi connectivity index (χ4n) is 2.71. The number of amides is 1. The first-order chi connectivity index (χ1) is 13.7. The summed E-state index contributed by atoms with van der Waals surface area (Å²) in [6.07, 6.45) is 3.16. The number of carbonyl (C=O) groups excluding carboxylic acids is 1. The third-order valence-electron chi connectivity index (χ3n) is 4.03. The van der Waals surface area contributed by atoms with E-state index in [2.05, 4.69) is 9.97 Å². The monoisotopic (exact) mass is 399 g/mol. The highest BCUT2D eigenvalue weighted by Crippen LogP contribution is 2.30. The molecule has 0 atom stereocenters. The fraction of sp³-hybridized carbons (Fsp3) is 0.286. The number of pyridine rings is 2. The lowest BCUT2D eigenvalue weighted by Crippen LogP contribution is -2.27. The number of nitrogens with two attached hydrogens (primary N) is 1. The molecule has 0 bridgehead atoms. The minimum absolute atomic E-state index is 0.0830. The lowest BCUT2D eigenvalue weighted by atomic mass is 10.0. The van der Waals surface area contributed by atoms with Crippen LogP contribution < -0.4 is 10.5 Å². The number of fused-ring (bicyclic) bond motifs is 1. The lowest BCUT2D eigenvalue weighted by Gasteiger charge is -2.17. The first-order valence-corrected chi connectivity index (χ1v) is 9.02. The summed E-state index contributed by atoms with van der Waals surface area (Å²) in [7, 11) is 0. The van der Waals surface area contributed by atoms with Crippen LogP contribution in [0.1, 0.15) is 24.3 Å². The Morgan fingerprint density at radius 3 is 2.69 bits per heavy atom. The third-order valence-corrected chi connectivity index (χ3v) is 4.03. The number of primary amides is 1. The van der Waals surface area contributed by atoms with Crippen molar-refractivity contribution >= 4 is 16.8 Å². The second kappa shape index (κ2) is 8.50. The van der Waals surface area contributed by atoms with Gasteiger partial charge in [-0.2, -0.15) is 0 Å². The van der Waals surface area contributed by atoms with Crippen molar-refractivity contribution in [1.29, 1.82) is 0 Å². The summed E-state index contributed by atoms with van der Waals surface area (Å²) in [5, 5.41) is 10.3. The van der Waals surface area contributed by atoms with Gasteiger partial charge in [0, 0.05) is 23.3 Å². The van der Waals surface area contributed by atoms with Crippen molar-refractivity contribution in [3.05, 3.63) is 54.2 Å². The van der Waals surface area contributed by atoms with E-state index in [1.807, 2.05) is 0 Å². The topological polar surface area (TPSA) is 108 Å². The molecule has 29 heavy (non-hydrogen) atoms. The molecule has 3 aromatic rings. The van der Waals surface area contributed by atoms with Crippen molar-refractivity contribution in [3.63, 3.8) is 0 Å². The second-order valence-electron chi connectivity index (χ2n) is 7.18. The molecule has 2 aromatic heterocycles. The molecule has 2 heterocycles. The highest BCUT2D eigenvalue weighted by Gasteiger charge is 2.14. The minimum atomic E-state index is -0.929. The van der Waals surface area contributed by atoms with Gasteiger partial charge in [-0.15, -0.1) is 0 Å². The molecule has 0 fully saturated rings. The average molecular weight is 399 g/mol. The van der Waals surface area contributed by atoms with Crippen LogP contribution in [0.2, 0.25) is 0 Å². The molecule has 8 heteroatoms. The Morgan fingerprint density at radius 1 is 1.21 bits per heavy atom. The number of hydrogen-bond acceptors (Lipinski definition) is 6. The van der Waals surface area contributed by atoms with Gasteiger partial charge in [0.15, 0.2) is 11.6 Å². The molecule has 0 aliphatic carbocycles. The van der Waals surface area contributed by atoms with Crippen LogP contribution in [0.25, 0.3) is 22.0 Å². The van der Waals surface area contributed by atoms with Gasteiger partial charge in [-0.3, -0.25) is 9.78 Å². The van der Waals surface area contributed by atoms with E-state index in [-0.39, 0.29) is 31.3 Å². The highest BCUT2D eigenvalue weighted by atomic mass is 19.1. The van der Waals surface area contributed by atoms with Crippen LogP contribution in [-0.2, 0) is 4.74 Å². The molecule has 1 amide bonds. The van der Waals surface area contributed by atoms with E-state index < -0.39 is 17.3 Å². The average Bonchev–Trinajstić information content (AvgIpc) is 2.67. The number of nitrogens with zero attached hydrogens (tertiary/aromatic N) is 2. The SMILES string of the molecule is CC(C)(O)COCCOc1ccc(-c2cncc3ccc(C(N)=O)nc23)cc1F. The van der Waals surface area contributed by atoms with Crippen molar-refractivity contribution in [3.8, 4) is 16.9 Å². The third kappa shape index (κ3) is 5.24. The summed E-state index contributed by atoms with van der Waals surface area (Å²) in [6.45, 7) is 3.79. The molecular weight excluding hydrogens is 377 g/mol. The van der Waals surface area contributed by atoms with E-state index >= 15 is 0 Å². The highest BCUT2D eigenvalue weighted by molar-refractivity contribution is 5.97. The molecule has 0 aliphatic heterocycles. The van der Waals surface area contributed by atoms with Gasteiger partial charge in [-0.25, -0.2) is 9.37 Å². The van der Waals surface area contributed by atoms with Crippen molar-refractivity contribution in [2.75, 3.05) is 19.8 Å². The van der Waals surface area contributed by atoms with E-state index in [9.17, 15) is 14.3 Å². The smallest absolute Gasteiger partial charge is 0.267 e. The number of rotatable bonds is 8. The van der Waals surface area contributed by atoms with E-state index in [0.717, 1.165) is 0 Å². The number of halogens is 1. The van der Waals surface area contributed by atoms with Gasteiger partial charge in [-0.05, 0) is 43.7 Å².